The summed E-state index contributed by atoms with van der Waals surface area (Å²) in [6, 6.07) is 5.05. The van der Waals surface area contributed by atoms with E-state index in [-0.39, 0.29) is 6.04 Å². The van der Waals surface area contributed by atoms with Gasteiger partial charge in [-0.25, -0.2) is 0 Å². The van der Waals surface area contributed by atoms with Crippen molar-refractivity contribution in [3.8, 4) is 0 Å². The van der Waals surface area contributed by atoms with Gasteiger partial charge in [0.15, 0.2) is 5.82 Å². The van der Waals surface area contributed by atoms with E-state index >= 15 is 0 Å². The minimum atomic E-state index is 0.195. The highest BCUT2D eigenvalue weighted by Crippen LogP contribution is 2.39. The molecule has 18 heavy (non-hydrogen) atoms. The van der Waals surface area contributed by atoms with E-state index in [0.717, 1.165) is 12.4 Å². The number of hydrogen-bond donors (Lipinski definition) is 0. The van der Waals surface area contributed by atoms with Crippen LogP contribution in [-0.4, -0.2) is 21.6 Å². The molecule has 4 nitrogen and oxygen atoms in total. The maximum Gasteiger partial charge on any atom is 0.243 e. The van der Waals surface area contributed by atoms with Crippen molar-refractivity contribution in [2.75, 3.05) is 6.54 Å². The van der Waals surface area contributed by atoms with E-state index < -0.39 is 0 Å². The van der Waals surface area contributed by atoms with Crippen molar-refractivity contribution in [1.82, 2.24) is 15.0 Å². The fraction of sp³-hybridized carbons (Fsp3) is 0.538. The van der Waals surface area contributed by atoms with Gasteiger partial charge in [-0.15, -0.1) is 11.3 Å². The van der Waals surface area contributed by atoms with Crippen LogP contribution < -0.4 is 0 Å². The van der Waals surface area contributed by atoms with Gasteiger partial charge in [0.2, 0.25) is 5.89 Å². The smallest absolute Gasteiger partial charge is 0.243 e. The van der Waals surface area contributed by atoms with E-state index in [9.17, 15) is 0 Å². The topological polar surface area (TPSA) is 42.2 Å². The number of likely N-dealkylation sites (tertiary alicyclic amines) is 1. The second-order valence-electron chi connectivity index (χ2n) is 4.77. The Balaban J connectivity index is 1.82. The lowest BCUT2D eigenvalue weighted by Crippen LogP contribution is -2.26. The summed E-state index contributed by atoms with van der Waals surface area (Å²) in [6.45, 7) is 5.12. The minimum absolute atomic E-state index is 0.195. The lowest BCUT2D eigenvalue weighted by molar-refractivity contribution is 0.161. The van der Waals surface area contributed by atoms with Gasteiger partial charge in [-0.3, -0.25) is 4.90 Å². The largest absolute Gasteiger partial charge is 0.338 e. The molecule has 3 rings (SSSR count). The standard InChI is InChI=1S/C13H17N3OS/c1-9(13-14-10(2)15-17-13)16-7-3-5-11(16)12-6-4-8-18-12/h4,6,8-9,11H,3,5,7H2,1-2H3/t9-,11+/m0/s1. The Bertz CT molecular complexity index is 508. The van der Waals surface area contributed by atoms with Gasteiger partial charge in [0, 0.05) is 10.9 Å². The zero-order valence-corrected chi connectivity index (χ0v) is 11.5. The van der Waals surface area contributed by atoms with Gasteiger partial charge in [-0.05, 0) is 44.7 Å². The molecule has 1 aliphatic heterocycles. The third-order valence-corrected chi connectivity index (χ3v) is 4.54. The average Bonchev–Trinajstić information content (AvgIpc) is 3.08. The summed E-state index contributed by atoms with van der Waals surface area (Å²) in [5.74, 6) is 1.44. The van der Waals surface area contributed by atoms with Crippen LogP contribution in [0.3, 0.4) is 0 Å². The molecular weight excluding hydrogens is 246 g/mol. The van der Waals surface area contributed by atoms with E-state index in [0.29, 0.717) is 11.9 Å². The molecule has 3 heterocycles. The van der Waals surface area contributed by atoms with Gasteiger partial charge in [-0.1, -0.05) is 11.2 Å². The molecule has 0 aromatic carbocycles. The molecule has 0 saturated carbocycles. The molecule has 96 valence electrons. The van der Waals surface area contributed by atoms with Crippen LogP contribution in [0, 0.1) is 6.92 Å². The molecule has 2 aromatic heterocycles. The Kier molecular flexibility index (Phi) is 3.18. The highest BCUT2D eigenvalue weighted by atomic mass is 32.1. The second-order valence-corrected chi connectivity index (χ2v) is 5.75. The van der Waals surface area contributed by atoms with E-state index in [1.165, 1.54) is 17.7 Å². The number of hydrogen-bond acceptors (Lipinski definition) is 5. The van der Waals surface area contributed by atoms with Crippen molar-refractivity contribution in [3.05, 3.63) is 34.1 Å². The first-order chi connectivity index (χ1) is 8.75. The van der Waals surface area contributed by atoms with E-state index in [1.54, 1.807) is 0 Å². The first-order valence-corrected chi connectivity index (χ1v) is 7.23. The molecule has 1 fully saturated rings. The Morgan fingerprint density at radius 1 is 1.56 bits per heavy atom. The maximum absolute atomic E-state index is 5.30. The van der Waals surface area contributed by atoms with Crippen LogP contribution in [0.25, 0.3) is 0 Å². The summed E-state index contributed by atoms with van der Waals surface area (Å²) in [4.78, 5) is 8.27. The van der Waals surface area contributed by atoms with E-state index in [1.807, 2.05) is 18.3 Å². The van der Waals surface area contributed by atoms with Crippen molar-refractivity contribution in [1.29, 1.82) is 0 Å². The molecular formula is C13H17N3OS. The van der Waals surface area contributed by atoms with Crippen LogP contribution in [0.4, 0.5) is 0 Å². The van der Waals surface area contributed by atoms with Gasteiger partial charge in [0.05, 0.1) is 6.04 Å². The fourth-order valence-corrected chi connectivity index (χ4v) is 3.55. The summed E-state index contributed by atoms with van der Waals surface area (Å²) < 4.78 is 5.30. The third kappa shape index (κ3) is 2.08. The van der Waals surface area contributed by atoms with Crippen molar-refractivity contribution in [2.45, 2.75) is 38.8 Å². The number of thiophene rings is 1. The Hall–Kier alpha value is -1.20. The van der Waals surface area contributed by atoms with Crippen molar-refractivity contribution in [2.24, 2.45) is 0 Å². The maximum atomic E-state index is 5.30. The van der Waals surface area contributed by atoms with Crippen LogP contribution in [0.2, 0.25) is 0 Å². The second kappa shape index (κ2) is 4.82. The molecule has 0 amide bonds. The number of nitrogens with zero attached hydrogens (tertiary/aromatic N) is 3. The summed E-state index contributed by atoms with van der Waals surface area (Å²) >= 11 is 1.83. The predicted molar refractivity (Wildman–Crippen MR) is 70.5 cm³/mol. The Labute approximate surface area is 111 Å². The number of rotatable bonds is 3. The molecule has 0 unspecified atom stereocenters. The lowest BCUT2D eigenvalue weighted by Gasteiger charge is -2.27. The van der Waals surface area contributed by atoms with Crippen LogP contribution in [-0.2, 0) is 0 Å². The summed E-state index contributed by atoms with van der Waals surface area (Å²) in [5.41, 5.74) is 0. The molecule has 0 spiro atoms. The molecule has 5 heteroatoms. The molecule has 0 radical (unpaired) electrons. The highest BCUT2D eigenvalue weighted by Gasteiger charge is 2.33. The monoisotopic (exact) mass is 263 g/mol. The zero-order valence-electron chi connectivity index (χ0n) is 10.7. The fourth-order valence-electron chi connectivity index (χ4n) is 2.66. The van der Waals surface area contributed by atoms with Gasteiger partial charge in [-0.2, -0.15) is 4.98 Å². The van der Waals surface area contributed by atoms with Gasteiger partial charge < -0.3 is 4.52 Å². The quantitative estimate of drug-likeness (QED) is 0.851. The predicted octanol–water partition coefficient (Wildman–Crippen LogP) is 3.34. The third-order valence-electron chi connectivity index (χ3n) is 3.56. The van der Waals surface area contributed by atoms with Crippen LogP contribution in [0.1, 0.15) is 48.4 Å². The number of aromatic nitrogens is 2. The van der Waals surface area contributed by atoms with E-state index in [4.69, 9.17) is 4.52 Å². The Morgan fingerprint density at radius 2 is 2.44 bits per heavy atom. The first-order valence-electron chi connectivity index (χ1n) is 6.35. The van der Waals surface area contributed by atoms with E-state index in [2.05, 4.69) is 39.5 Å². The molecule has 1 aliphatic rings. The molecule has 1 saturated heterocycles. The van der Waals surface area contributed by atoms with Crippen LogP contribution in [0.5, 0.6) is 0 Å². The molecule has 0 N–H and O–H groups in total. The minimum Gasteiger partial charge on any atom is -0.338 e. The number of aryl methyl sites for hydroxylation is 1. The van der Waals surface area contributed by atoms with Crippen molar-refractivity contribution < 1.29 is 4.52 Å². The first kappa shape index (κ1) is 11.9. The average molecular weight is 263 g/mol. The zero-order chi connectivity index (χ0) is 12.5. The van der Waals surface area contributed by atoms with Gasteiger partial charge >= 0.3 is 0 Å². The molecule has 2 aromatic rings. The summed E-state index contributed by atoms with van der Waals surface area (Å²) in [7, 11) is 0. The molecule has 2 atom stereocenters. The summed E-state index contributed by atoms with van der Waals surface area (Å²) in [5, 5.41) is 6.03. The lowest BCUT2D eigenvalue weighted by atomic mass is 10.1. The van der Waals surface area contributed by atoms with Gasteiger partial charge in [0.25, 0.3) is 0 Å². The molecule has 0 aliphatic carbocycles. The Morgan fingerprint density at radius 3 is 3.11 bits per heavy atom. The highest BCUT2D eigenvalue weighted by molar-refractivity contribution is 7.10. The van der Waals surface area contributed by atoms with Crippen LogP contribution in [0.15, 0.2) is 22.0 Å². The SMILES string of the molecule is Cc1noc([C@H](C)N2CCC[C@@H]2c2cccs2)n1. The molecule has 0 bridgehead atoms. The van der Waals surface area contributed by atoms with Gasteiger partial charge in [0.1, 0.15) is 0 Å². The normalized spacial score (nSPS) is 22.4. The van der Waals surface area contributed by atoms with Crippen molar-refractivity contribution in [3.63, 3.8) is 0 Å². The summed E-state index contributed by atoms with van der Waals surface area (Å²) in [6.07, 6.45) is 2.46. The van der Waals surface area contributed by atoms with Crippen LogP contribution >= 0.6 is 11.3 Å². The van der Waals surface area contributed by atoms with Crippen molar-refractivity contribution >= 4 is 11.3 Å².